The molecule has 0 aromatic heterocycles. The van der Waals surface area contributed by atoms with Crippen LogP contribution < -0.4 is 11.5 Å². The molecule has 0 aliphatic carbocycles. The number of nitrogens with zero attached hydrogens (tertiary/aromatic N) is 1. The number of carbonyl (C=O) groups is 2. The number of primary amides is 1. The highest BCUT2D eigenvalue weighted by Crippen LogP contribution is 2.16. The largest absolute Gasteiger partial charge is 0.369 e. The van der Waals surface area contributed by atoms with Crippen LogP contribution >= 0.6 is 0 Å². The van der Waals surface area contributed by atoms with Crippen LogP contribution in [0.15, 0.2) is 0 Å². The first kappa shape index (κ1) is 11.0. The molecule has 0 aromatic rings. The van der Waals surface area contributed by atoms with E-state index in [0.29, 0.717) is 25.9 Å². The summed E-state index contributed by atoms with van der Waals surface area (Å²) in [6.07, 6.45) is 1.32. The maximum Gasteiger partial charge on any atom is 0.239 e. The van der Waals surface area contributed by atoms with Crippen LogP contribution in [0.3, 0.4) is 0 Å². The summed E-state index contributed by atoms with van der Waals surface area (Å²) in [6.45, 7) is 2.85. The van der Waals surface area contributed by atoms with Gasteiger partial charge in [-0.1, -0.05) is 0 Å². The third-order valence-electron chi connectivity index (χ3n) is 2.60. The molecule has 0 radical (unpaired) electrons. The zero-order valence-corrected chi connectivity index (χ0v) is 8.40. The number of amides is 2. The Balaban J connectivity index is 2.43. The molecule has 0 spiro atoms. The minimum Gasteiger partial charge on any atom is -0.369 e. The van der Waals surface area contributed by atoms with Crippen molar-refractivity contribution in [1.82, 2.24) is 4.90 Å². The third kappa shape index (κ3) is 2.45. The van der Waals surface area contributed by atoms with Crippen LogP contribution in [0, 0.1) is 5.92 Å². The number of hydrogen-bond donors (Lipinski definition) is 2. The normalized spacial score (nSPS) is 20.6. The molecule has 1 aliphatic rings. The summed E-state index contributed by atoms with van der Waals surface area (Å²) < 4.78 is 0. The van der Waals surface area contributed by atoms with E-state index in [2.05, 4.69) is 0 Å². The van der Waals surface area contributed by atoms with Gasteiger partial charge in [0.05, 0.1) is 6.04 Å². The molecule has 14 heavy (non-hydrogen) atoms. The number of likely N-dealkylation sites (tertiary alicyclic amines) is 1. The summed E-state index contributed by atoms with van der Waals surface area (Å²) in [4.78, 5) is 24.0. The van der Waals surface area contributed by atoms with Crippen LogP contribution in [-0.2, 0) is 9.59 Å². The Hall–Kier alpha value is -1.10. The maximum absolute atomic E-state index is 11.5. The van der Waals surface area contributed by atoms with E-state index in [1.54, 1.807) is 11.8 Å². The van der Waals surface area contributed by atoms with Crippen LogP contribution in [0.4, 0.5) is 0 Å². The van der Waals surface area contributed by atoms with Gasteiger partial charge >= 0.3 is 0 Å². The first-order chi connectivity index (χ1) is 6.52. The lowest BCUT2D eigenvalue weighted by Crippen LogP contribution is -2.47. The van der Waals surface area contributed by atoms with Gasteiger partial charge in [-0.25, -0.2) is 0 Å². The quantitative estimate of drug-likeness (QED) is 0.601. The van der Waals surface area contributed by atoms with Crippen molar-refractivity contribution in [2.45, 2.75) is 25.8 Å². The van der Waals surface area contributed by atoms with Gasteiger partial charge < -0.3 is 16.4 Å². The molecule has 1 heterocycles. The Kier molecular flexibility index (Phi) is 3.46. The molecule has 1 saturated heterocycles. The first-order valence-electron chi connectivity index (χ1n) is 4.86. The number of hydrogen-bond acceptors (Lipinski definition) is 3. The maximum atomic E-state index is 11.5. The highest BCUT2D eigenvalue weighted by molar-refractivity contribution is 5.82. The summed E-state index contributed by atoms with van der Waals surface area (Å²) in [5.74, 6) is -0.391. The van der Waals surface area contributed by atoms with Crippen molar-refractivity contribution in [3.05, 3.63) is 0 Å². The fourth-order valence-corrected chi connectivity index (χ4v) is 1.67. The number of nitrogens with two attached hydrogens (primary N) is 2. The van der Waals surface area contributed by atoms with Gasteiger partial charge in [0.2, 0.25) is 11.8 Å². The van der Waals surface area contributed by atoms with Crippen LogP contribution in [0.5, 0.6) is 0 Å². The third-order valence-corrected chi connectivity index (χ3v) is 2.60. The molecule has 4 N–H and O–H groups in total. The van der Waals surface area contributed by atoms with E-state index in [0.717, 1.165) is 0 Å². The van der Waals surface area contributed by atoms with Crippen molar-refractivity contribution in [3.63, 3.8) is 0 Å². The highest BCUT2D eigenvalue weighted by Gasteiger charge is 2.26. The monoisotopic (exact) mass is 199 g/mol. The predicted octanol–water partition coefficient (Wildman–Crippen LogP) is -0.942. The van der Waals surface area contributed by atoms with Crippen molar-refractivity contribution in [3.8, 4) is 0 Å². The molecule has 1 aliphatic heterocycles. The molecular formula is C9H17N3O2. The topological polar surface area (TPSA) is 89.4 Å². The molecule has 5 heteroatoms. The molecule has 80 valence electrons. The van der Waals surface area contributed by atoms with Gasteiger partial charge in [0, 0.05) is 19.0 Å². The van der Waals surface area contributed by atoms with Crippen molar-refractivity contribution < 1.29 is 9.59 Å². The smallest absolute Gasteiger partial charge is 0.239 e. The average molecular weight is 199 g/mol. The van der Waals surface area contributed by atoms with Crippen LogP contribution in [0.1, 0.15) is 19.8 Å². The van der Waals surface area contributed by atoms with E-state index in [-0.39, 0.29) is 17.7 Å². The average Bonchev–Trinajstić information content (AvgIpc) is 2.16. The zero-order chi connectivity index (χ0) is 10.7. The van der Waals surface area contributed by atoms with Gasteiger partial charge in [-0.3, -0.25) is 9.59 Å². The second kappa shape index (κ2) is 4.41. The molecule has 0 aromatic carbocycles. The van der Waals surface area contributed by atoms with Gasteiger partial charge in [-0.2, -0.15) is 0 Å². The molecule has 5 nitrogen and oxygen atoms in total. The summed E-state index contributed by atoms with van der Waals surface area (Å²) in [5, 5.41) is 0. The van der Waals surface area contributed by atoms with Crippen LogP contribution in [0.25, 0.3) is 0 Å². The summed E-state index contributed by atoms with van der Waals surface area (Å²) in [6, 6.07) is -0.458. The molecule has 0 unspecified atom stereocenters. The van der Waals surface area contributed by atoms with E-state index < -0.39 is 6.04 Å². The Bertz CT molecular complexity index is 232. The lowest BCUT2D eigenvalue weighted by atomic mass is 9.96. The minimum atomic E-state index is -0.458. The van der Waals surface area contributed by atoms with Crippen LogP contribution in [-0.4, -0.2) is 35.8 Å². The Morgan fingerprint density at radius 3 is 2.21 bits per heavy atom. The van der Waals surface area contributed by atoms with Crippen molar-refractivity contribution in [1.29, 1.82) is 0 Å². The molecule has 1 atom stereocenters. The summed E-state index contributed by atoms with van der Waals surface area (Å²) >= 11 is 0. The number of carbonyl (C=O) groups excluding carboxylic acids is 2. The molecule has 2 amide bonds. The zero-order valence-electron chi connectivity index (χ0n) is 8.40. The SMILES string of the molecule is C[C@H](N)C(=O)N1CCC(C(N)=O)CC1. The Morgan fingerprint density at radius 2 is 1.86 bits per heavy atom. The number of rotatable bonds is 2. The second-order valence-corrected chi connectivity index (χ2v) is 3.79. The van der Waals surface area contributed by atoms with Crippen molar-refractivity contribution in [2.24, 2.45) is 17.4 Å². The van der Waals surface area contributed by atoms with Gasteiger partial charge in [0.25, 0.3) is 0 Å². The molecular weight excluding hydrogens is 182 g/mol. The van der Waals surface area contributed by atoms with Crippen molar-refractivity contribution >= 4 is 11.8 Å². The van der Waals surface area contributed by atoms with E-state index in [4.69, 9.17) is 11.5 Å². The summed E-state index contributed by atoms with van der Waals surface area (Å²) in [5.41, 5.74) is 10.7. The van der Waals surface area contributed by atoms with E-state index >= 15 is 0 Å². The minimum absolute atomic E-state index is 0.0482. The standard InChI is InChI=1S/C9H17N3O2/c1-6(10)9(14)12-4-2-7(3-5-12)8(11)13/h6-7H,2-5,10H2,1H3,(H2,11,13)/t6-/m0/s1. The van der Waals surface area contributed by atoms with Gasteiger partial charge in [-0.15, -0.1) is 0 Å². The highest BCUT2D eigenvalue weighted by atomic mass is 16.2. The fourth-order valence-electron chi connectivity index (χ4n) is 1.67. The lowest BCUT2D eigenvalue weighted by Gasteiger charge is -2.31. The molecule has 1 rings (SSSR count). The Morgan fingerprint density at radius 1 is 1.36 bits per heavy atom. The second-order valence-electron chi connectivity index (χ2n) is 3.79. The molecule has 0 saturated carbocycles. The predicted molar refractivity (Wildman–Crippen MR) is 52.1 cm³/mol. The van der Waals surface area contributed by atoms with E-state index in [9.17, 15) is 9.59 Å². The lowest BCUT2D eigenvalue weighted by molar-refractivity contribution is -0.135. The van der Waals surface area contributed by atoms with Crippen LogP contribution in [0.2, 0.25) is 0 Å². The Labute approximate surface area is 83.4 Å². The van der Waals surface area contributed by atoms with Crippen molar-refractivity contribution in [2.75, 3.05) is 13.1 Å². The van der Waals surface area contributed by atoms with Gasteiger partial charge in [0.15, 0.2) is 0 Å². The molecule has 0 bridgehead atoms. The van der Waals surface area contributed by atoms with Gasteiger partial charge in [-0.05, 0) is 19.8 Å². The first-order valence-corrected chi connectivity index (χ1v) is 4.86. The summed E-state index contributed by atoms with van der Waals surface area (Å²) in [7, 11) is 0. The van der Waals surface area contributed by atoms with E-state index in [1.807, 2.05) is 0 Å². The molecule has 1 fully saturated rings. The van der Waals surface area contributed by atoms with Gasteiger partial charge in [0.1, 0.15) is 0 Å². The van der Waals surface area contributed by atoms with E-state index in [1.165, 1.54) is 0 Å². The number of piperidine rings is 1. The fraction of sp³-hybridized carbons (Fsp3) is 0.778.